The molecule has 106 valence electrons. The van der Waals surface area contributed by atoms with E-state index in [0.29, 0.717) is 29.0 Å². The van der Waals surface area contributed by atoms with Crippen LogP contribution < -0.4 is 4.74 Å². The number of nitrogens with zero attached hydrogens (tertiary/aromatic N) is 5. The molecule has 1 aromatic carbocycles. The number of halogens is 1. The zero-order valence-corrected chi connectivity index (χ0v) is 12.0. The maximum Gasteiger partial charge on any atom is 0.216 e. The molecule has 0 amide bonds. The first-order valence-corrected chi connectivity index (χ1v) is 6.68. The standard InChI is InChI=1S/C14H12ClN5O/c1-10-16-7-6-14(17-10)21-9-12-8-20(19-18-12)13-4-2-11(15)3-5-13/h2-8H,9H2,1H3. The summed E-state index contributed by atoms with van der Waals surface area (Å²) in [6, 6.07) is 9.05. The summed E-state index contributed by atoms with van der Waals surface area (Å²) in [5, 5.41) is 8.80. The Morgan fingerprint density at radius 1 is 1.19 bits per heavy atom. The van der Waals surface area contributed by atoms with Gasteiger partial charge in [-0.1, -0.05) is 16.8 Å². The van der Waals surface area contributed by atoms with Crippen molar-refractivity contribution in [2.75, 3.05) is 0 Å². The highest BCUT2D eigenvalue weighted by atomic mass is 35.5. The zero-order valence-electron chi connectivity index (χ0n) is 11.3. The zero-order chi connectivity index (χ0) is 14.7. The highest BCUT2D eigenvalue weighted by Crippen LogP contribution is 2.13. The lowest BCUT2D eigenvalue weighted by Gasteiger charge is -2.02. The van der Waals surface area contributed by atoms with Gasteiger partial charge in [0.2, 0.25) is 5.88 Å². The van der Waals surface area contributed by atoms with E-state index in [2.05, 4.69) is 20.3 Å². The number of aromatic nitrogens is 5. The first-order chi connectivity index (χ1) is 10.2. The van der Waals surface area contributed by atoms with Crippen molar-refractivity contribution in [1.82, 2.24) is 25.0 Å². The molecular weight excluding hydrogens is 290 g/mol. The monoisotopic (exact) mass is 301 g/mol. The normalized spacial score (nSPS) is 10.6. The molecule has 0 N–H and O–H groups in total. The summed E-state index contributed by atoms with van der Waals surface area (Å²) in [5.41, 5.74) is 1.59. The molecule has 0 atom stereocenters. The van der Waals surface area contributed by atoms with Crippen LogP contribution in [0.5, 0.6) is 5.88 Å². The second kappa shape index (κ2) is 5.88. The van der Waals surface area contributed by atoms with Crippen LogP contribution in [-0.2, 0) is 6.61 Å². The van der Waals surface area contributed by atoms with Gasteiger partial charge in [0.15, 0.2) is 0 Å². The first-order valence-electron chi connectivity index (χ1n) is 6.30. The Hall–Kier alpha value is -2.47. The Morgan fingerprint density at radius 2 is 2.00 bits per heavy atom. The molecule has 0 bridgehead atoms. The number of hydrogen-bond donors (Lipinski definition) is 0. The summed E-state index contributed by atoms with van der Waals surface area (Å²) >= 11 is 5.86. The largest absolute Gasteiger partial charge is 0.471 e. The predicted molar refractivity (Wildman–Crippen MR) is 77.5 cm³/mol. The van der Waals surface area contributed by atoms with E-state index in [4.69, 9.17) is 16.3 Å². The Bertz CT molecular complexity index is 741. The van der Waals surface area contributed by atoms with E-state index >= 15 is 0 Å². The average Bonchev–Trinajstić information content (AvgIpc) is 2.95. The lowest BCUT2D eigenvalue weighted by atomic mass is 10.3. The van der Waals surface area contributed by atoms with Crippen molar-refractivity contribution < 1.29 is 4.74 Å². The third kappa shape index (κ3) is 3.35. The van der Waals surface area contributed by atoms with Crippen LogP contribution in [0, 0.1) is 6.92 Å². The van der Waals surface area contributed by atoms with Gasteiger partial charge in [-0.2, -0.15) is 4.98 Å². The van der Waals surface area contributed by atoms with Gasteiger partial charge < -0.3 is 4.74 Å². The quantitative estimate of drug-likeness (QED) is 0.741. The molecule has 7 heteroatoms. The Labute approximate surface area is 126 Å². The third-order valence-electron chi connectivity index (χ3n) is 2.75. The van der Waals surface area contributed by atoms with E-state index in [9.17, 15) is 0 Å². The fourth-order valence-electron chi connectivity index (χ4n) is 1.75. The summed E-state index contributed by atoms with van der Waals surface area (Å²) in [7, 11) is 0. The average molecular weight is 302 g/mol. The van der Waals surface area contributed by atoms with Crippen LogP contribution in [0.1, 0.15) is 11.5 Å². The van der Waals surface area contributed by atoms with Gasteiger partial charge >= 0.3 is 0 Å². The van der Waals surface area contributed by atoms with Crippen LogP contribution in [0.4, 0.5) is 0 Å². The van der Waals surface area contributed by atoms with Crippen molar-refractivity contribution in [3.63, 3.8) is 0 Å². The molecule has 0 aliphatic carbocycles. The first kappa shape index (κ1) is 13.5. The lowest BCUT2D eigenvalue weighted by Crippen LogP contribution is -1.99. The highest BCUT2D eigenvalue weighted by Gasteiger charge is 2.04. The van der Waals surface area contributed by atoms with Crippen molar-refractivity contribution in [1.29, 1.82) is 0 Å². The van der Waals surface area contributed by atoms with Gasteiger partial charge in [-0.15, -0.1) is 5.10 Å². The summed E-state index contributed by atoms with van der Waals surface area (Å²) in [6.45, 7) is 2.10. The molecule has 0 saturated carbocycles. The molecule has 2 heterocycles. The van der Waals surface area contributed by atoms with Crippen molar-refractivity contribution in [2.24, 2.45) is 0 Å². The van der Waals surface area contributed by atoms with Crippen LogP contribution in [-0.4, -0.2) is 25.0 Å². The van der Waals surface area contributed by atoms with Crippen LogP contribution in [0.3, 0.4) is 0 Å². The number of ether oxygens (including phenoxy) is 1. The number of rotatable bonds is 4. The molecule has 3 rings (SSSR count). The van der Waals surface area contributed by atoms with Gasteiger partial charge in [0.1, 0.15) is 18.1 Å². The Kier molecular flexibility index (Phi) is 3.79. The second-order valence-electron chi connectivity index (χ2n) is 4.36. The second-order valence-corrected chi connectivity index (χ2v) is 4.80. The molecule has 21 heavy (non-hydrogen) atoms. The summed E-state index contributed by atoms with van der Waals surface area (Å²) in [5.74, 6) is 1.18. The molecule has 0 aliphatic rings. The summed E-state index contributed by atoms with van der Waals surface area (Å²) < 4.78 is 7.22. The molecule has 0 spiro atoms. The minimum atomic E-state index is 0.296. The van der Waals surface area contributed by atoms with E-state index in [-0.39, 0.29) is 0 Å². The van der Waals surface area contributed by atoms with E-state index in [0.717, 1.165) is 5.69 Å². The van der Waals surface area contributed by atoms with Crippen LogP contribution in [0.15, 0.2) is 42.7 Å². The number of hydrogen-bond acceptors (Lipinski definition) is 5. The number of aryl methyl sites for hydroxylation is 1. The number of benzene rings is 1. The van der Waals surface area contributed by atoms with Crippen LogP contribution in [0.25, 0.3) is 5.69 Å². The van der Waals surface area contributed by atoms with Gasteiger partial charge in [-0.25, -0.2) is 9.67 Å². The third-order valence-corrected chi connectivity index (χ3v) is 3.00. The highest BCUT2D eigenvalue weighted by molar-refractivity contribution is 6.30. The maximum atomic E-state index is 5.86. The minimum absolute atomic E-state index is 0.296. The molecule has 0 aliphatic heterocycles. The Balaban J connectivity index is 1.69. The SMILES string of the molecule is Cc1nccc(OCc2cn(-c3ccc(Cl)cc3)nn2)n1. The van der Waals surface area contributed by atoms with Crippen molar-refractivity contribution >= 4 is 11.6 Å². The van der Waals surface area contributed by atoms with Gasteiger partial charge in [0, 0.05) is 17.3 Å². The van der Waals surface area contributed by atoms with Gasteiger partial charge in [-0.05, 0) is 31.2 Å². The van der Waals surface area contributed by atoms with Crippen molar-refractivity contribution in [3.05, 3.63) is 59.3 Å². The van der Waals surface area contributed by atoms with Crippen molar-refractivity contribution in [2.45, 2.75) is 13.5 Å². The van der Waals surface area contributed by atoms with E-state index in [1.54, 1.807) is 35.3 Å². The minimum Gasteiger partial charge on any atom is -0.471 e. The molecule has 6 nitrogen and oxygen atoms in total. The predicted octanol–water partition coefficient (Wildman–Crippen LogP) is 2.60. The van der Waals surface area contributed by atoms with Gasteiger partial charge in [0.05, 0.1) is 11.9 Å². The van der Waals surface area contributed by atoms with Gasteiger partial charge in [0.25, 0.3) is 0 Å². The van der Waals surface area contributed by atoms with E-state index in [1.807, 2.05) is 19.1 Å². The molecular formula is C14H12ClN5O. The smallest absolute Gasteiger partial charge is 0.216 e. The molecule has 0 saturated heterocycles. The lowest BCUT2D eigenvalue weighted by molar-refractivity contribution is 0.288. The molecule has 0 unspecified atom stereocenters. The fourth-order valence-corrected chi connectivity index (χ4v) is 1.87. The van der Waals surface area contributed by atoms with Crippen LogP contribution >= 0.6 is 11.6 Å². The fraction of sp³-hybridized carbons (Fsp3) is 0.143. The van der Waals surface area contributed by atoms with Gasteiger partial charge in [-0.3, -0.25) is 0 Å². The van der Waals surface area contributed by atoms with Crippen LogP contribution in [0.2, 0.25) is 5.02 Å². The molecule has 0 radical (unpaired) electrons. The molecule has 0 fully saturated rings. The molecule has 3 aromatic rings. The van der Waals surface area contributed by atoms with E-state index in [1.165, 1.54) is 0 Å². The topological polar surface area (TPSA) is 65.7 Å². The molecule has 2 aromatic heterocycles. The summed E-state index contributed by atoms with van der Waals surface area (Å²) in [6.07, 6.45) is 3.46. The Morgan fingerprint density at radius 3 is 2.76 bits per heavy atom. The maximum absolute atomic E-state index is 5.86. The van der Waals surface area contributed by atoms with Crippen molar-refractivity contribution in [3.8, 4) is 11.6 Å². The summed E-state index contributed by atoms with van der Waals surface area (Å²) in [4.78, 5) is 8.17. The van der Waals surface area contributed by atoms with E-state index < -0.39 is 0 Å².